The average molecular weight is 283 g/mol. The molecule has 0 radical (unpaired) electrons. The summed E-state index contributed by atoms with van der Waals surface area (Å²) in [4.78, 5) is 27.4. The van der Waals surface area contributed by atoms with Crippen molar-refractivity contribution in [3.05, 3.63) is 29.3 Å². The van der Waals surface area contributed by atoms with E-state index in [1.54, 1.807) is 40.9 Å². The van der Waals surface area contributed by atoms with E-state index < -0.39 is 0 Å². The van der Waals surface area contributed by atoms with Crippen molar-refractivity contribution in [2.75, 3.05) is 16.5 Å². The van der Waals surface area contributed by atoms with Crippen LogP contribution in [0.3, 0.4) is 0 Å². The van der Waals surface area contributed by atoms with Gasteiger partial charge in [0.15, 0.2) is 0 Å². The van der Waals surface area contributed by atoms with Gasteiger partial charge in [-0.3, -0.25) is 4.79 Å². The number of fused-ring (bicyclic) bond motifs is 1. The summed E-state index contributed by atoms with van der Waals surface area (Å²) in [5.74, 6) is 1.40. The molecule has 0 spiro atoms. The molecule has 2 saturated heterocycles. The zero-order valence-electron chi connectivity index (χ0n) is 9.51. The van der Waals surface area contributed by atoms with Gasteiger partial charge < -0.3 is 4.90 Å². The van der Waals surface area contributed by atoms with Crippen LogP contribution in [0, 0.1) is 0 Å². The molecular weight excluding hydrogens is 272 g/mol. The van der Waals surface area contributed by atoms with Crippen LogP contribution in [-0.2, 0) is 4.79 Å². The molecule has 2 heterocycles. The smallest absolute Gasteiger partial charge is 0.303 e. The van der Waals surface area contributed by atoms with Gasteiger partial charge in [-0.05, 0) is 36.4 Å². The summed E-state index contributed by atoms with van der Waals surface area (Å²) < 4.78 is 0. The van der Waals surface area contributed by atoms with E-state index in [2.05, 4.69) is 0 Å². The number of carbonyl (C=O) groups is 2. The van der Waals surface area contributed by atoms with Crippen LogP contribution >= 0.6 is 23.4 Å². The molecule has 0 aromatic heterocycles. The van der Waals surface area contributed by atoms with Crippen molar-refractivity contribution in [3.63, 3.8) is 0 Å². The number of nitrogens with zero attached hydrogens (tertiary/aromatic N) is 2. The fourth-order valence-electron chi connectivity index (χ4n) is 2.25. The highest BCUT2D eigenvalue weighted by atomic mass is 35.5. The number of carbonyl (C=O) groups excluding carboxylic acids is 2. The molecular formula is C12H11ClN2O2S. The van der Waals surface area contributed by atoms with Gasteiger partial charge in [0.2, 0.25) is 0 Å². The van der Waals surface area contributed by atoms with Gasteiger partial charge in [-0.25, -0.2) is 9.69 Å². The van der Waals surface area contributed by atoms with E-state index in [-0.39, 0.29) is 18.0 Å². The molecule has 94 valence electrons. The molecule has 0 aliphatic carbocycles. The highest BCUT2D eigenvalue weighted by Crippen LogP contribution is 2.32. The van der Waals surface area contributed by atoms with E-state index in [1.807, 2.05) is 0 Å². The number of hydrogen-bond donors (Lipinski definition) is 0. The van der Waals surface area contributed by atoms with E-state index in [0.29, 0.717) is 16.6 Å². The Morgan fingerprint density at radius 3 is 2.61 bits per heavy atom. The Bertz CT molecular complexity index is 481. The van der Waals surface area contributed by atoms with E-state index in [4.69, 9.17) is 11.6 Å². The van der Waals surface area contributed by atoms with Gasteiger partial charge >= 0.3 is 6.03 Å². The van der Waals surface area contributed by atoms with E-state index >= 15 is 0 Å². The largest absolute Gasteiger partial charge is 0.332 e. The maximum Gasteiger partial charge on any atom is 0.332 e. The molecule has 0 N–H and O–H groups in total. The average Bonchev–Trinajstić information content (AvgIpc) is 2.64. The maximum absolute atomic E-state index is 12.3. The summed E-state index contributed by atoms with van der Waals surface area (Å²) in [5, 5.41) is 0.589. The second-order valence-corrected chi connectivity index (χ2v) is 5.76. The minimum Gasteiger partial charge on any atom is -0.303 e. The number of thioether (sulfide) groups is 1. The summed E-state index contributed by atoms with van der Waals surface area (Å²) in [7, 11) is 0. The van der Waals surface area contributed by atoms with Crippen molar-refractivity contribution in [2.24, 2.45) is 0 Å². The number of urea groups is 1. The van der Waals surface area contributed by atoms with Crippen LogP contribution in [0.15, 0.2) is 24.3 Å². The lowest BCUT2D eigenvalue weighted by Gasteiger charge is -2.25. The van der Waals surface area contributed by atoms with E-state index in [0.717, 1.165) is 12.2 Å². The summed E-state index contributed by atoms with van der Waals surface area (Å²) >= 11 is 7.49. The minimum absolute atomic E-state index is 0.123. The van der Waals surface area contributed by atoms with Crippen LogP contribution in [0.4, 0.5) is 10.5 Å². The number of hydrogen-bond acceptors (Lipinski definition) is 3. The minimum atomic E-state index is -0.283. The maximum atomic E-state index is 12.3. The second-order valence-electron chi connectivity index (χ2n) is 4.24. The lowest BCUT2D eigenvalue weighted by molar-refractivity contribution is -0.119. The van der Waals surface area contributed by atoms with Crippen LogP contribution in [0.5, 0.6) is 0 Å². The molecule has 2 aliphatic rings. The predicted molar refractivity (Wildman–Crippen MR) is 71.9 cm³/mol. The molecule has 6 heteroatoms. The zero-order chi connectivity index (χ0) is 12.7. The van der Waals surface area contributed by atoms with E-state index in [1.165, 1.54) is 4.90 Å². The molecule has 18 heavy (non-hydrogen) atoms. The number of imide groups is 1. The van der Waals surface area contributed by atoms with Crippen molar-refractivity contribution in [1.82, 2.24) is 4.90 Å². The number of rotatable bonds is 1. The predicted octanol–water partition coefficient (Wildman–Crippen LogP) is 2.57. The highest BCUT2D eigenvalue weighted by Gasteiger charge is 2.46. The Labute approximate surface area is 114 Å². The van der Waals surface area contributed by atoms with Gasteiger partial charge in [-0.15, -0.1) is 11.8 Å². The molecule has 1 unspecified atom stereocenters. The summed E-state index contributed by atoms with van der Waals surface area (Å²) in [5.41, 5.74) is 0.591. The first-order chi connectivity index (χ1) is 8.68. The normalized spacial score (nSPS) is 23.5. The molecule has 2 aliphatic heterocycles. The molecule has 1 aromatic carbocycles. The molecule has 1 aromatic rings. The number of halogens is 1. The molecule has 1 atom stereocenters. The van der Waals surface area contributed by atoms with Gasteiger partial charge in [-0.2, -0.15) is 0 Å². The fraction of sp³-hybridized carbons (Fsp3) is 0.333. The Morgan fingerprint density at radius 2 is 1.94 bits per heavy atom. The van der Waals surface area contributed by atoms with E-state index in [9.17, 15) is 9.59 Å². The third-order valence-electron chi connectivity index (χ3n) is 3.17. The standard InChI is InChI=1S/C12H11ClN2O2S/c13-8-1-3-9(4-2-8)15-11(16)10-5-6-18-7-14(10)12(15)17/h1-4,10H,5-7H2. The quantitative estimate of drug-likeness (QED) is 0.744. The second kappa shape index (κ2) is 4.48. The van der Waals surface area contributed by atoms with Gasteiger partial charge in [-0.1, -0.05) is 11.6 Å². The Hall–Kier alpha value is -1.20. The lowest BCUT2D eigenvalue weighted by Crippen LogP contribution is -2.38. The molecule has 3 amide bonds. The molecule has 0 saturated carbocycles. The lowest BCUT2D eigenvalue weighted by atomic mass is 10.2. The highest BCUT2D eigenvalue weighted by molar-refractivity contribution is 7.99. The Morgan fingerprint density at radius 1 is 1.22 bits per heavy atom. The first kappa shape index (κ1) is 11.9. The third-order valence-corrected chi connectivity index (χ3v) is 4.41. The van der Waals surface area contributed by atoms with Crippen molar-refractivity contribution < 1.29 is 9.59 Å². The number of benzene rings is 1. The van der Waals surface area contributed by atoms with Crippen LogP contribution in [0.2, 0.25) is 5.02 Å². The van der Waals surface area contributed by atoms with Gasteiger partial charge in [0.25, 0.3) is 5.91 Å². The van der Waals surface area contributed by atoms with Crippen molar-refractivity contribution >= 4 is 41.0 Å². The summed E-state index contributed by atoms with van der Waals surface area (Å²) in [6, 6.07) is 6.26. The molecule has 3 rings (SSSR count). The monoisotopic (exact) mass is 282 g/mol. The van der Waals surface area contributed by atoms with Gasteiger partial charge in [0, 0.05) is 5.02 Å². The molecule has 2 fully saturated rings. The summed E-state index contributed by atoms with van der Waals surface area (Å²) in [6.45, 7) is 0. The Balaban J connectivity index is 1.95. The number of amides is 3. The van der Waals surface area contributed by atoms with Crippen LogP contribution in [-0.4, -0.2) is 34.5 Å². The van der Waals surface area contributed by atoms with Crippen molar-refractivity contribution in [2.45, 2.75) is 12.5 Å². The van der Waals surface area contributed by atoms with Crippen LogP contribution < -0.4 is 4.90 Å². The number of anilines is 1. The first-order valence-electron chi connectivity index (χ1n) is 5.66. The third kappa shape index (κ3) is 1.78. The van der Waals surface area contributed by atoms with Crippen molar-refractivity contribution in [1.29, 1.82) is 0 Å². The van der Waals surface area contributed by atoms with Crippen LogP contribution in [0.25, 0.3) is 0 Å². The Kier molecular flexibility index (Phi) is 2.95. The molecule has 0 bridgehead atoms. The van der Waals surface area contributed by atoms with Crippen molar-refractivity contribution in [3.8, 4) is 0 Å². The summed E-state index contributed by atoms with van der Waals surface area (Å²) in [6.07, 6.45) is 0.735. The molecule has 4 nitrogen and oxygen atoms in total. The van der Waals surface area contributed by atoms with Crippen LogP contribution in [0.1, 0.15) is 6.42 Å². The fourth-order valence-corrected chi connectivity index (χ4v) is 3.38. The first-order valence-corrected chi connectivity index (χ1v) is 7.19. The topological polar surface area (TPSA) is 40.6 Å². The SMILES string of the molecule is O=C1C2CCSCN2C(=O)N1c1ccc(Cl)cc1. The van der Waals surface area contributed by atoms with Gasteiger partial charge in [0.1, 0.15) is 6.04 Å². The zero-order valence-corrected chi connectivity index (χ0v) is 11.1. The van der Waals surface area contributed by atoms with Gasteiger partial charge in [0.05, 0.1) is 11.6 Å².